The Kier molecular flexibility index (Phi) is 4.40. The van der Waals surface area contributed by atoms with Crippen molar-refractivity contribution in [2.75, 3.05) is 20.1 Å². The van der Waals surface area contributed by atoms with Crippen molar-refractivity contribution in [1.82, 2.24) is 15.5 Å². The number of nitrogens with zero attached hydrogens (tertiary/aromatic N) is 1. The van der Waals surface area contributed by atoms with E-state index in [2.05, 4.69) is 33.7 Å². The summed E-state index contributed by atoms with van der Waals surface area (Å²) in [4.78, 5) is 27.1. The number of hydrogen-bond donors (Lipinski definition) is 2. The predicted molar refractivity (Wildman–Crippen MR) is 87.7 cm³/mol. The first-order valence-corrected chi connectivity index (χ1v) is 8.19. The van der Waals surface area contributed by atoms with Crippen LogP contribution in [0.2, 0.25) is 0 Å². The van der Waals surface area contributed by atoms with Crippen LogP contribution in [-0.2, 0) is 16.1 Å². The van der Waals surface area contributed by atoms with Crippen molar-refractivity contribution in [3.05, 3.63) is 35.2 Å². The maximum atomic E-state index is 12.1. The summed E-state index contributed by atoms with van der Waals surface area (Å²) in [6, 6.07) is 10.0. The molecule has 2 aromatic rings. The molecular weight excluding hydrogens is 298 g/mol. The summed E-state index contributed by atoms with van der Waals surface area (Å²) < 4.78 is 1.25. The van der Waals surface area contributed by atoms with E-state index in [1.54, 1.807) is 18.4 Å². The number of carbonyl (C=O) groups is 2. The molecule has 0 saturated carbocycles. The summed E-state index contributed by atoms with van der Waals surface area (Å²) in [5, 5.41) is 6.67. The molecule has 1 saturated heterocycles. The van der Waals surface area contributed by atoms with Gasteiger partial charge in [-0.1, -0.05) is 18.2 Å². The lowest BCUT2D eigenvalue weighted by Crippen LogP contribution is -2.55. The van der Waals surface area contributed by atoms with Gasteiger partial charge in [-0.25, -0.2) is 0 Å². The number of thiophene rings is 1. The first-order valence-electron chi connectivity index (χ1n) is 7.37. The molecule has 1 aromatic heterocycles. The Hall–Kier alpha value is -1.92. The molecule has 0 radical (unpaired) electrons. The van der Waals surface area contributed by atoms with Gasteiger partial charge in [0, 0.05) is 36.3 Å². The SMILES string of the molecule is CNC(=O)C[C@@H]1C(=O)NCCN1Cc1cc2ccccc2s1. The Bertz CT molecular complexity index is 665. The lowest BCUT2D eigenvalue weighted by Gasteiger charge is -2.34. The van der Waals surface area contributed by atoms with Crippen molar-refractivity contribution in [1.29, 1.82) is 0 Å². The second kappa shape index (κ2) is 6.46. The van der Waals surface area contributed by atoms with Crippen LogP contribution in [0.25, 0.3) is 10.1 Å². The summed E-state index contributed by atoms with van der Waals surface area (Å²) in [5.74, 6) is -0.167. The molecule has 2 amide bonds. The third-order valence-electron chi connectivity index (χ3n) is 3.93. The first-order chi connectivity index (χ1) is 10.7. The molecule has 0 unspecified atom stereocenters. The van der Waals surface area contributed by atoms with Gasteiger partial charge in [-0.15, -0.1) is 11.3 Å². The van der Waals surface area contributed by atoms with Gasteiger partial charge in [0.05, 0.1) is 12.5 Å². The second-order valence-electron chi connectivity index (χ2n) is 5.41. The quantitative estimate of drug-likeness (QED) is 0.894. The highest BCUT2D eigenvalue weighted by Crippen LogP contribution is 2.27. The summed E-state index contributed by atoms with van der Waals surface area (Å²) in [6.45, 7) is 2.10. The van der Waals surface area contributed by atoms with E-state index in [0.29, 0.717) is 13.1 Å². The second-order valence-corrected chi connectivity index (χ2v) is 6.57. The first kappa shape index (κ1) is 15.0. The molecule has 0 bridgehead atoms. The molecule has 2 N–H and O–H groups in total. The topological polar surface area (TPSA) is 61.4 Å². The molecule has 6 heteroatoms. The average molecular weight is 317 g/mol. The predicted octanol–water partition coefficient (Wildman–Crippen LogP) is 1.34. The summed E-state index contributed by atoms with van der Waals surface area (Å²) in [7, 11) is 1.60. The van der Waals surface area contributed by atoms with E-state index in [0.717, 1.165) is 6.54 Å². The molecule has 5 nitrogen and oxygen atoms in total. The minimum absolute atomic E-state index is 0.0593. The van der Waals surface area contributed by atoms with Crippen molar-refractivity contribution in [2.24, 2.45) is 0 Å². The van der Waals surface area contributed by atoms with Crippen LogP contribution in [-0.4, -0.2) is 42.9 Å². The van der Waals surface area contributed by atoms with Gasteiger partial charge >= 0.3 is 0 Å². The lowest BCUT2D eigenvalue weighted by molar-refractivity contribution is -0.134. The maximum Gasteiger partial charge on any atom is 0.237 e. The summed E-state index contributed by atoms with van der Waals surface area (Å²) in [5.41, 5.74) is 0. The number of hydrogen-bond acceptors (Lipinski definition) is 4. The highest BCUT2D eigenvalue weighted by atomic mass is 32.1. The van der Waals surface area contributed by atoms with Crippen LogP contribution in [0.1, 0.15) is 11.3 Å². The zero-order valence-electron chi connectivity index (χ0n) is 12.5. The number of amides is 2. The minimum atomic E-state index is -0.390. The fourth-order valence-electron chi connectivity index (χ4n) is 2.77. The normalized spacial score (nSPS) is 19.1. The summed E-state index contributed by atoms with van der Waals surface area (Å²) >= 11 is 1.74. The van der Waals surface area contributed by atoms with Crippen LogP contribution < -0.4 is 10.6 Å². The Morgan fingerprint density at radius 3 is 3.05 bits per heavy atom. The van der Waals surface area contributed by atoms with E-state index in [-0.39, 0.29) is 24.3 Å². The van der Waals surface area contributed by atoms with Crippen LogP contribution >= 0.6 is 11.3 Å². The Morgan fingerprint density at radius 2 is 2.27 bits per heavy atom. The fourth-order valence-corrected chi connectivity index (χ4v) is 3.86. The molecule has 2 heterocycles. The lowest BCUT2D eigenvalue weighted by atomic mass is 10.1. The van der Waals surface area contributed by atoms with Gasteiger partial charge in [0.2, 0.25) is 11.8 Å². The Morgan fingerprint density at radius 1 is 1.45 bits per heavy atom. The third-order valence-corrected chi connectivity index (χ3v) is 5.04. The number of carbonyl (C=O) groups excluding carboxylic acids is 2. The number of piperazine rings is 1. The molecule has 22 heavy (non-hydrogen) atoms. The highest BCUT2D eigenvalue weighted by molar-refractivity contribution is 7.19. The van der Waals surface area contributed by atoms with Gasteiger partial charge in [0.25, 0.3) is 0 Å². The molecule has 1 atom stereocenters. The largest absolute Gasteiger partial charge is 0.359 e. The van der Waals surface area contributed by atoms with Crippen molar-refractivity contribution in [3.63, 3.8) is 0 Å². The molecule has 3 rings (SSSR count). The molecule has 0 spiro atoms. The average Bonchev–Trinajstić information content (AvgIpc) is 2.92. The van der Waals surface area contributed by atoms with Gasteiger partial charge in [-0.05, 0) is 17.5 Å². The van der Waals surface area contributed by atoms with Crippen molar-refractivity contribution >= 4 is 33.2 Å². The van der Waals surface area contributed by atoms with Crippen LogP contribution in [0.4, 0.5) is 0 Å². The smallest absolute Gasteiger partial charge is 0.237 e. The fraction of sp³-hybridized carbons (Fsp3) is 0.375. The maximum absolute atomic E-state index is 12.1. The van der Waals surface area contributed by atoms with E-state index < -0.39 is 0 Å². The van der Waals surface area contributed by atoms with Gasteiger partial charge in [-0.3, -0.25) is 14.5 Å². The van der Waals surface area contributed by atoms with Gasteiger partial charge in [0.1, 0.15) is 0 Å². The molecular formula is C16H19N3O2S. The Labute approximate surface area is 133 Å². The van der Waals surface area contributed by atoms with Gasteiger partial charge in [0.15, 0.2) is 0 Å². The molecule has 1 aliphatic rings. The number of rotatable bonds is 4. The minimum Gasteiger partial charge on any atom is -0.359 e. The van der Waals surface area contributed by atoms with Crippen LogP contribution in [0.5, 0.6) is 0 Å². The van der Waals surface area contributed by atoms with E-state index in [4.69, 9.17) is 0 Å². The summed E-state index contributed by atoms with van der Waals surface area (Å²) in [6.07, 6.45) is 0.202. The van der Waals surface area contributed by atoms with Crippen molar-refractivity contribution in [2.45, 2.75) is 19.0 Å². The standard InChI is InChI=1S/C16H19N3O2S/c1-17-15(20)9-13-16(21)18-6-7-19(13)10-12-8-11-4-2-3-5-14(11)22-12/h2-5,8,13H,6-7,9-10H2,1H3,(H,17,20)(H,18,21)/t13-/m1/s1. The van der Waals surface area contributed by atoms with E-state index in [1.807, 2.05) is 12.1 Å². The van der Waals surface area contributed by atoms with Gasteiger partial charge in [-0.2, -0.15) is 0 Å². The highest BCUT2D eigenvalue weighted by Gasteiger charge is 2.31. The zero-order chi connectivity index (χ0) is 15.5. The Balaban J connectivity index is 1.78. The van der Waals surface area contributed by atoms with E-state index in [1.165, 1.54) is 15.0 Å². The molecule has 1 aromatic carbocycles. The zero-order valence-corrected chi connectivity index (χ0v) is 13.3. The van der Waals surface area contributed by atoms with Crippen LogP contribution in [0, 0.1) is 0 Å². The molecule has 1 fully saturated rings. The molecule has 1 aliphatic heterocycles. The van der Waals surface area contributed by atoms with Crippen LogP contribution in [0.15, 0.2) is 30.3 Å². The number of fused-ring (bicyclic) bond motifs is 1. The number of benzene rings is 1. The van der Waals surface area contributed by atoms with E-state index in [9.17, 15) is 9.59 Å². The third kappa shape index (κ3) is 3.13. The van der Waals surface area contributed by atoms with E-state index >= 15 is 0 Å². The number of nitrogens with one attached hydrogen (secondary N) is 2. The van der Waals surface area contributed by atoms with Crippen LogP contribution in [0.3, 0.4) is 0 Å². The molecule has 0 aliphatic carbocycles. The van der Waals surface area contributed by atoms with Gasteiger partial charge < -0.3 is 10.6 Å². The van der Waals surface area contributed by atoms with Crippen molar-refractivity contribution < 1.29 is 9.59 Å². The van der Waals surface area contributed by atoms with Crippen molar-refractivity contribution in [3.8, 4) is 0 Å². The monoisotopic (exact) mass is 317 g/mol. The molecule has 116 valence electrons.